The van der Waals surface area contributed by atoms with Crippen molar-refractivity contribution in [3.63, 3.8) is 0 Å². The van der Waals surface area contributed by atoms with Gasteiger partial charge in [0, 0.05) is 17.8 Å². The molecule has 0 spiro atoms. The van der Waals surface area contributed by atoms with Gasteiger partial charge in [0.1, 0.15) is 5.75 Å². The van der Waals surface area contributed by atoms with Gasteiger partial charge in [0.25, 0.3) is 0 Å². The molecule has 1 N–H and O–H groups in total. The Morgan fingerprint density at radius 1 is 1.03 bits per heavy atom. The first-order valence-electron chi connectivity index (χ1n) is 11.3. The first-order valence-corrected chi connectivity index (χ1v) is 12.3. The van der Waals surface area contributed by atoms with Gasteiger partial charge in [-0.25, -0.2) is 0 Å². The van der Waals surface area contributed by atoms with Crippen molar-refractivity contribution < 1.29 is 14.6 Å². The fourth-order valence-corrected chi connectivity index (χ4v) is 5.69. The maximum Gasteiger partial charge on any atom is 0.188 e. The maximum absolute atomic E-state index is 10.0. The van der Waals surface area contributed by atoms with Gasteiger partial charge in [-0.05, 0) is 47.7 Å². The van der Waals surface area contributed by atoms with Gasteiger partial charge in [0.15, 0.2) is 6.79 Å². The number of aliphatic hydroxyl groups is 1. The lowest BCUT2D eigenvalue weighted by atomic mass is 9.82. The SMILES string of the molecule is CCCCC(C)(Pc1ccc(C)cc1CO)c1cc(C(C)(C)C)cc(C)c1OCOC. The van der Waals surface area contributed by atoms with Crippen LogP contribution in [-0.2, 0) is 21.9 Å². The smallest absolute Gasteiger partial charge is 0.188 e. The highest BCUT2D eigenvalue weighted by Crippen LogP contribution is 2.50. The summed E-state index contributed by atoms with van der Waals surface area (Å²) in [4.78, 5) is 0. The van der Waals surface area contributed by atoms with E-state index in [1.54, 1.807) is 7.11 Å². The Morgan fingerprint density at radius 2 is 1.74 bits per heavy atom. The number of aliphatic hydroxyl groups excluding tert-OH is 1. The van der Waals surface area contributed by atoms with Crippen molar-refractivity contribution in [2.45, 2.75) is 84.9 Å². The lowest BCUT2D eigenvalue weighted by molar-refractivity contribution is 0.0495. The minimum absolute atomic E-state index is 0.0498. The molecule has 0 amide bonds. The van der Waals surface area contributed by atoms with Crippen LogP contribution in [0, 0.1) is 13.8 Å². The summed E-state index contributed by atoms with van der Waals surface area (Å²) in [6.07, 6.45) is 3.36. The molecular weight excluding hydrogens is 403 g/mol. The van der Waals surface area contributed by atoms with Crippen LogP contribution in [-0.4, -0.2) is 19.0 Å². The summed E-state index contributed by atoms with van der Waals surface area (Å²) in [7, 11) is 2.20. The molecule has 0 aliphatic carbocycles. The fourth-order valence-electron chi connectivity index (χ4n) is 3.99. The zero-order chi connectivity index (χ0) is 23.2. The van der Waals surface area contributed by atoms with Crippen LogP contribution in [0.5, 0.6) is 5.75 Å². The first kappa shape index (κ1) is 25.8. The molecule has 2 unspecified atom stereocenters. The Labute approximate surface area is 191 Å². The molecule has 2 aromatic rings. The molecule has 0 radical (unpaired) electrons. The van der Waals surface area contributed by atoms with E-state index >= 15 is 0 Å². The highest BCUT2D eigenvalue weighted by atomic mass is 31.1. The van der Waals surface area contributed by atoms with Gasteiger partial charge in [-0.2, -0.15) is 0 Å². The van der Waals surface area contributed by atoms with Crippen molar-refractivity contribution >= 4 is 13.9 Å². The van der Waals surface area contributed by atoms with Gasteiger partial charge < -0.3 is 14.6 Å². The minimum Gasteiger partial charge on any atom is -0.467 e. The standard InChI is InChI=1S/C27H41O3P/c1-9-10-13-27(7,31-24-12-11-19(2)14-21(24)17-28)23-16-22(26(4,5)6)15-20(3)25(23)30-18-29-8/h11-12,14-16,28,31H,9-10,13,17-18H2,1-8H3. The number of unbranched alkanes of at least 4 members (excludes halogenated alkanes) is 1. The molecule has 3 nitrogen and oxygen atoms in total. The van der Waals surface area contributed by atoms with Crippen molar-refractivity contribution in [3.05, 3.63) is 58.1 Å². The first-order chi connectivity index (χ1) is 14.6. The van der Waals surface area contributed by atoms with E-state index in [1.807, 2.05) is 0 Å². The van der Waals surface area contributed by atoms with Crippen LogP contribution >= 0.6 is 8.58 Å². The molecule has 2 aromatic carbocycles. The largest absolute Gasteiger partial charge is 0.467 e. The summed E-state index contributed by atoms with van der Waals surface area (Å²) in [5.74, 6) is 0.943. The second kappa shape index (κ2) is 10.9. The molecule has 31 heavy (non-hydrogen) atoms. The average Bonchev–Trinajstić information content (AvgIpc) is 2.71. The van der Waals surface area contributed by atoms with E-state index in [9.17, 15) is 5.11 Å². The van der Waals surface area contributed by atoms with Gasteiger partial charge in [-0.15, -0.1) is 0 Å². The molecule has 0 bridgehead atoms. The number of methoxy groups -OCH3 is 1. The number of benzene rings is 2. The molecular formula is C27H41O3P. The molecule has 2 atom stereocenters. The lowest BCUT2D eigenvalue weighted by Crippen LogP contribution is -2.24. The van der Waals surface area contributed by atoms with Crippen LogP contribution in [0.2, 0.25) is 0 Å². The van der Waals surface area contributed by atoms with E-state index in [-0.39, 0.29) is 24.0 Å². The zero-order valence-electron chi connectivity index (χ0n) is 20.7. The normalized spacial score (nSPS) is 14.2. The molecule has 0 fully saturated rings. The van der Waals surface area contributed by atoms with E-state index < -0.39 is 0 Å². The Morgan fingerprint density at radius 3 is 2.32 bits per heavy atom. The van der Waals surface area contributed by atoms with Crippen molar-refractivity contribution in [1.29, 1.82) is 0 Å². The van der Waals surface area contributed by atoms with Crippen molar-refractivity contribution in [2.75, 3.05) is 13.9 Å². The zero-order valence-corrected chi connectivity index (χ0v) is 21.7. The average molecular weight is 445 g/mol. The number of aryl methyl sites for hydroxylation is 2. The highest BCUT2D eigenvalue weighted by molar-refractivity contribution is 7.48. The third-order valence-electron chi connectivity index (χ3n) is 5.93. The molecule has 0 saturated heterocycles. The van der Waals surface area contributed by atoms with Crippen molar-refractivity contribution in [3.8, 4) is 5.75 Å². The summed E-state index contributed by atoms with van der Waals surface area (Å²) < 4.78 is 11.4. The summed E-state index contributed by atoms with van der Waals surface area (Å²) in [5.41, 5.74) is 5.99. The third kappa shape index (κ3) is 6.54. The summed E-state index contributed by atoms with van der Waals surface area (Å²) in [6.45, 7) is 15.9. The number of hydrogen-bond acceptors (Lipinski definition) is 3. The monoisotopic (exact) mass is 444 g/mol. The Kier molecular flexibility index (Phi) is 9.13. The highest BCUT2D eigenvalue weighted by Gasteiger charge is 2.33. The molecule has 0 saturated carbocycles. The summed E-state index contributed by atoms with van der Waals surface area (Å²) in [6, 6.07) is 11.1. The Bertz CT molecular complexity index is 870. The predicted octanol–water partition coefficient (Wildman–Crippen LogP) is 6.49. The summed E-state index contributed by atoms with van der Waals surface area (Å²) >= 11 is 0. The maximum atomic E-state index is 10.0. The third-order valence-corrected chi connectivity index (χ3v) is 7.76. The number of hydrogen-bond donors (Lipinski definition) is 1. The van der Waals surface area contributed by atoms with E-state index in [1.165, 1.54) is 22.0 Å². The number of ether oxygens (including phenoxy) is 2. The molecule has 0 aromatic heterocycles. The van der Waals surface area contributed by atoms with Crippen molar-refractivity contribution in [1.82, 2.24) is 0 Å². The van der Waals surface area contributed by atoms with E-state index in [2.05, 4.69) is 78.8 Å². The molecule has 0 aliphatic heterocycles. The predicted molar refractivity (Wildman–Crippen MR) is 134 cm³/mol. The van der Waals surface area contributed by atoms with Crippen LogP contribution in [0.25, 0.3) is 0 Å². The Hall–Kier alpha value is -1.41. The van der Waals surface area contributed by atoms with E-state index in [0.717, 1.165) is 36.1 Å². The molecule has 0 heterocycles. The number of rotatable bonds is 10. The van der Waals surface area contributed by atoms with Crippen LogP contribution in [0.4, 0.5) is 0 Å². The van der Waals surface area contributed by atoms with Gasteiger partial charge >= 0.3 is 0 Å². The van der Waals surface area contributed by atoms with Gasteiger partial charge in [0.2, 0.25) is 0 Å². The van der Waals surface area contributed by atoms with Gasteiger partial charge in [0.05, 0.1) is 6.61 Å². The lowest BCUT2D eigenvalue weighted by Gasteiger charge is -2.35. The molecule has 172 valence electrons. The minimum atomic E-state index is -0.0930. The Balaban J connectivity index is 2.68. The van der Waals surface area contributed by atoms with E-state index in [0.29, 0.717) is 8.58 Å². The van der Waals surface area contributed by atoms with Gasteiger partial charge in [-0.1, -0.05) is 91.9 Å². The quantitative estimate of drug-likeness (QED) is 0.336. The topological polar surface area (TPSA) is 38.7 Å². The van der Waals surface area contributed by atoms with Crippen LogP contribution < -0.4 is 10.0 Å². The van der Waals surface area contributed by atoms with Gasteiger partial charge in [-0.3, -0.25) is 0 Å². The van der Waals surface area contributed by atoms with E-state index in [4.69, 9.17) is 9.47 Å². The van der Waals surface area contributed by atoms with Crippen LogP contribution in [0.3, 0.4) is 0 Å². The fraction of sp³-hybridized carbons (Fsp3) is 0.556. The van der Waals surface area contributed by atoms with Crippen LogP contribution in [0.1, 0.15) is 81.7 Å². The molecule has 0 aliphatic rings. The summed E-state index contributed by atoms with van der Waals surface area (Å²) in [5, 5.41) is 11.2. The van der Waals surface area contributed by atoms with Crippen molar-refractivity contribution in [2.24, 2.45) is 0 Å². The second-order valence-electron chi connectivity index (χ2n) is 9.85. The molecule has 2 rings (SSSR count). The van der Waals surface area contributed by atoms with Crippen LogP contribution in [0.15, 0.2) is 30.3 Å². The molecule has 4 heteroatoms. The second-order valence-corrected chi connectivity index (χ2v) is 11.7.